The molecule has 3 aliphatic rings. The Bertz CT molecular complexity index is 1750. The van der Waals surface area contributed by atoms with Crippen LogP contribution in [0.1, 0.15) is 121 Å². The summed E-state index contributed by atoms with van der Waals surface area (Å²) in [6.45, 7) is 20.4. The summed E-state index contributed by atoms with van der Waals surface area (Å²) in [6.07, 6.45) is 9.84. The zero-order chi connectivity index (χ0) is 34.5. The lowest BCUT2D eigenvalue weighted by molar-refractivity contribution is 0.0890. The summed E-state index contributed by atoms with van der Waals surface area (Å²) >= 11 is 1.61. The maximum atomic E-state index is 13.8. The van der Waals surface area contributed by atoms with E-state index < -0.39 is 8.32 Å². The number of allylic oxidation sites excluding steroid dienone is 1. The fourth-order valence-corrected chi connectivity index (χ4v) is 15.0. The van der Waals surface area contributed by atoms with Gasteiger partial charge in [-0.15, -0.1) is 11.3 Å². The number of ketones is 1. The number of hydrogen-bond donors (Lipinski definition) is 1. The number of anilines is 1. The van der Waals surface area contributed by atoms with Crippen molar-refractivity contribution in [2.45, 2.75) is 117 Å². The summed E-state index contributed by atoms with van der Waals surface area (Å²) in [6, 6.07) is 10.5. The minimum atomic E-state index is -2.27. The molecule has 0 bridgehead atoms. The molecule has 48 heavy (non-hydrogen) atoms. The Morgan fingerprint density at radius 2 is 1.65 bits per heavy atom. The fourth-order valence-electron chi connectivity index (χ4n) is 8.90. The number of ether oxygens (including phenoxy) is 2. The Labute approximate surface area is 292 Å². The first kappa shape index (κ1) is 34.6. The van der Waals surface area contributed by atoms with Gasteiger partial charge in [-0.05, 0) is 91.5 Å². The van der Waals surface area contributed by atoms with Crippen molar-refractivity contribution in [1.29, 1.82) is 0 Å². The van der Waals surface area contributed by atoms with E-state index in [2.05, 4.69) is 91.9 Å². The average molecular weight is 684 g/mol. The van der Waals surface area contributed by atoms with Gasteiger partial charge in [0.25, 0.3) is 8.32 Å². The number of carbonyl (C=O) groups excluding carboxylic acids is 1. The molecule has 5 nitrogen and oxygen atoms in total. The van der Waals surface area contributed by atoms with E-state index >= 15 is 0 Å². The molecule has 0 amide bonds. The highest BCUT2D eigenvalue weighted by molar-refractivity contribution is 7.11. The first-order chi connectivity index (χ1) is 22.8. The molecule has 0 saturated heterocycles. The summed E-state index contributed by atoms with van der Waals surface area (Å²) in [5, 5.41) is 5.78. The predicted molar refractivity (Wildman–Crippen MR) is 205 cm³/mol. The van der Waals surface area contributed by atoms with Gasteiger partial charge >= 0.3 is 0 Å². The minimum Gasteiger partial charge on any atom is -0.540 e. The molecule has 256 valence electrons. The van der Waals surface area contributed by atoms with Crippen molar-refractivity contribution in [1.82, 2.24) is 0 Å². The van der Waals surface area contributed by atoms with Gasteiger partial charge in [-0.2, -0.15) is 0 Å². The second-order valence-electron chi connectivity index (χ2n) is 15.5. The third-order valence-corrected chi connectivity index (χ3v) is 17.7. The molecule has 0 unspecified atom stereocenters. The predicted octanol–water partition coefficient (Wildman–Crippen LogP) is 12.2. The number of Topliss-reactive ketones (excluding diaryl/α,β-unsaturated/α-hetero) is 1. The Morgan fingerprint density at radius 1 is 0.958 bits per heavy atom. The van der Waals surface area contributed by atoms with Crippen molar-refractivity contribution in [2.24, 2.45) is 5.92 Å². The first-order valence-corrected chi connectivity index (χ1v) is 20.9. The van der Waals surface area contributed by atoms with E-state index in [4.69, 9.17) is 13.9 Å². The number of fused-ring (bicyclic) bond motifs is 5. The Balaban J connectivity index is 1.55. The van der Waals surface area contributed by atoms with Crippen molar-refractivity contribution >= 4 is 48.5 Å². The summed E-state index contributed by atoms with van der Waals surface area (Å²) < 4.78 is 20.4. The third-order valence-electron chi connectivity index (χ3n) is 10.8. The molecule has 1 aliphatic carbocycles. The summed E-state index contributed by atoms with van der Waals surface area (Å²) in [7, 11) is -0.538. The molecule has 0 radical (unpaired) electrons. The molecular formula is C41H53NO4SSi. The lowest BCUT2D eigenvalue weighted by Crippen LogP contribution is -2.50. The molecular weight excluding hydrogens is 631 g/mol. The quantitative estimate of drug-likeness (QED) is 0.180. The van der Waals surface area contributed by atoms with Crippen LogP contribution in [0.3, 0.4) is 0 Å². The Hall–Kier alpha value is -3.29. The number of methoxy groups -OCH3 is 1. The van der Waals surface area contributed by atoms with Crippen LogP contribution in [0.15, 0.2) is 41.8 Å². The molecule has 7 heteroatoms. The van der Waals surface area contributed by atoms with E-state index in [0.717, 1.165) is 81.3 Å². The SMILES string of the molecule is COc1c(O[Si](C(C)C)(C(C)C)C(C)C)ccc2c1-c1ccc3c(c1/C(=C/c1sccc1C(=O)C1CCCCC1)O2)C(C)=CC(C)(C)N3. The van der Waals surface area contributed by atoms with E-state index in [9.17, 15) is 4.79 Å². The minimum absolute atomic E-state index is 0.107. The van der Waals surface area contributed by atoms with Crippen molar-refractivity contribution < 1.29 is 18.7 Å². The third kappa shape index (κ3) is 5.95. The molecule has 1 aromatic heterocycles. The largest absolute Gasteiger partial charge is 0.540 e. The highest BCUT2D eigenvalue weighted by Crippen LogP contribution is 2.56. The average Bonchev–Trinajstić information content (AvgIpc) is 3.50. The smallest absolute Gasteiger partial charge is 0.258 e. The van der Waals surface area contributed by atoms with Gasteiger partial charge in [0, 0.05) is 38.7 Å². The van der Waals surface area contributed by atoms with Gasteiger partial charge < -0.3 is 19.2 Å². The van der Waals surface area contributed by atoms with E-state index in [1.54, 1.807) is 18.4 Å². The second-order valence-corrected chi connectivity index (χ2v) is 21.8. The van der Waals surface area contributed by atoms with Crippen LogP contribution in [0.25, 0.3) is 28.5 Å². The Morgan fingerprint density at radius 3 is 2.29 bits per heavy atom. The highest BCUT2D eigenvalue weighted by Gasteiger charge is 2.48. The number of hydrogen-bond acceptors (Lipinski definition) is 6. The van der Waals surface area contributed by atoms with Gasteiger partial charge in [0.1, 0.15) is 17.3 Å². The van der Waals surface area contributed by atoms with Crippen molar-refractivity contribution in [3.63, 3.8) is 0 Å². The lowest BCUT2D eigenvalue weighted by Gasteiger charge is -2.42. The summed E-state index contributed by atoms with van der Waals surface area (Å²) in [4.78, 5) is 14.7. The van der Waals surface area contributed by atoms with Crippen molar-refractivity contribution in [2.75, 3.05) is 12.4 Å². The molecule has 0 atom stereocenters. The van der Waals surface area contributed by atoms with Gasteiger partial charge in [0.2, 0.25) is 0 Å². The molecule has 3 aromatic rings. The normalized spacial score (nSPS) is 18.2. The number of nitrogens with one attached hydrogen (secondary N) is 1. The summed E-state index contributed by atoms with van der Waals surface area (Å²) in [5.74, 6) is 3.34. The molecule has 0 spiro atoms. The zero-order valence-corrected chi connectivity index (χ0v) is 32.3. The zero-order valence-electron chi connectivity index (χ0n) is 30.5. The van der Waals surface area contributed by atoms with Gasteiger partial charge in [0.05, 0.1) is 18.2 Å². The highest BCUT2D eigenvalue weighted by atomic mass is 32.1. The Kier molecular flexibility index (Phi) is 9.51. The topological polar surface area (TPSA) is 56.8 Å². The van der Waals surface area contributed by atoms with E-state index in [1.807, 2.05) is 23.6 Å². The summed E-state index contributed by atoms with van der Waals surface area (Å²) in [5.41, 5.74) is 8.21. The number of benzene rings is 2. The maximum absolute atomic E-state index is 13.8. The van der Waals surface area contributed by atoms with Crippen LogP contribution in [0.5, 0.6) is 17.2 Å². The monoisotopic (exact) mass is 683 g/mol. The molecule has 3 heterocycles. The molecule has 1 fully saturated rings. The molecule has 1 N–H and O–H groups in total. The first-order valence-electron chi connectivity index (χ1n) is 17.9. The van der Waals surface area contributed by atoms with Crippen LogP contribution in [0.4, 0.5) is 5.69 Å². The van der Waals surface area contributed by atoms with E-state index in [1.165, 1.54) is 12.0 Å². The lowest BCUT2D eigenvalue weighted by atomic mass is 9.82. The van der Waals surface area contributed by atoms with E-state index in [0.29, 0.717) is 22.4 Å². The van der Waals surface area contributed by atoms with Crippen molar-refractivity contribution in [3.05, 3.63) is 63.4 Å². The van der Waals surface area contributed by atoms with Crippen LogP contribution in [0.2, 0.25) is 16.6 Å². The van der Waals surface area contributed by atoms with Gasteiger partial charge in [0.15, 0.2) is 11.5 Å². The molecule has 1 saturated carbocycles. The fraction of sp³-hybridized carbons (Fsp3) is 0.488. The molecule has 6 rings (SSSR count). The number of carbonyl (C=O) groups is 1. The van der Waals surface area contributed by atoms with E-state index in [-0.39, 0.29) is 17.2 Å². The van der Waals surface area contributed by atoms with Crippen LogP contribution in [-0.4, -0.2) is 26.7 Å². The van der Waals surface area contributed by atoms with Crippen LogP contribution < -0.4 is 19.2 Å². The van der Waals surface area contributed by atoms with Gasteiger partial charge in [-0.3, -0.25) is 4.79 Å². The second kappa shape index (κ2) is 13.2. The van der Waals surface area contributed by atoms with Crippen LogP contribution in [-0.2, 0) is 0 Å². The maximum Gasteiger partial charge on any atom is 0.258 e. The number of thiophene rings is 1. The molecule has 2 aliphatic heterocycles. The van der Waals surface area contributed by atoms with Crippen LogP contribution in [0, 0.1) is 5.92 Å². The van der Waals surface area contributed by atoms with Crippen molar-refractivity contribution in [3.8, 4) is 28.4 Å². The molecule has 2 aromatic carbocycles. The van der Waals surface area contributed by atoms with Gasteiger partial charge in [-0.1, -0.05) is 72.9 Å². The van der Waals surface area contributed by atoms with Crippen LogP contribution >= 0.6 is 11.3 Å². The number of rotatable bonds is 9. The van der Waals surface area contributed by atoms with Gasteiger partial charge in [-0.25, -0.2) is 0 Å². The standard InChI is InChI=1S/C41H53NO4SSi/c1-24(2)48(25(3)4,26(5)6)46-33-19-18-32-38(40(33)44-10)30-16-17-31-36(27(7)23-41(8,9)42-31)37(30)34(45-32)22-35-29(20-21-47-35)39(43)28-14-12-11-13-15-28/h16-26,28,42H,11-15H2,1-10H3/b34-22-.